The Morgan fingerprint density at radius 2 is 2.20 bits per heavy atom. The molecule has 0 radical (unpaired) electrons. The van der Waals surface area contributed by atoms with E-state index in [-0.39, 0.29) is 0 Å². The summed E-state index contributed by atoms with van der Waals surface area (Å²) in [6.45, 7) is 4.52. The second kappa shape index (κ2) is 5.42. The van der Waals surface area contributed by atoms with Crippen molar-refractivity contribution in [3.05, 3.63) is 46.8 Å². The number of anilines is 1. The number of aromatic nitrogens is 3. The maximum atomic E-state index is 5.46. The predicted octanol–water partition coefficient (Wildman–Crippen LogP) is 3.42. The highest BCUT2D eigenvalue weighted by molar-refractivity contribution is 7.13. The second-order valence-corrected chi connectivity index (χ2v) is 5.42. The molecule has 0 bridgehead atoms. The smallest absolute Gasteiger partial charge is 0.236 e. The van der Waals surface area contributed by atoms with Crippen LogP contribution in [-0.2, 0) is 6.54 Å². The zero-order chi connectivity index (χ0) is 13.9. The van der Waals surface area contributed by atoms with Gasteiger partial charge in [0.1, 0.15) is 12.1 Å². The van der Waals surface area contributed by atoms with Crippen LogP contribution in [-0.4, -0.2) is 15.2 Å². The Kier molecular flexibility index (Phi) is 3.47. The van der Waals surface area contributed by atoms with E-state index in [1.807, 2.05) is 37.4 Å². The van der Waals surface area contributed by atoms with Gasteiger partial charge in [-0.1, -0.05) is 6.07 Å². The van der Waals surface area contributed by atoms with Gasteiger partial charge in [0.05, 0.1) is 22.8 Å². The van der Waals surface area contributed by atoms with Crippen molar-refractivity contribution in [3.63, 3.8) is 0 Å². The van der Waals surface area contributed by atoms with Crippen LogP contribution in [0.3, 0.4) is 0 Å². The van der Waals surface area contributed by atoms with Gasteiger partial charge in [0.15, 0.2) is 0 Å². The van der Waals surface area contributed by atoms with E-state index in [1.54, 1.807) is 17.6 Å². The van der Waals surface area contributed by atoms with E-state index in [1.165, 1.54) is 0 Å². The largest absolute Gasteiger partial charge is 0.443 e. The molecule has 0 atom stereocenters. The van der Waals surface area contributed by atoms with Crippen LogP contribution in [0, 0.1) is 13.8 Å². The fourth-order valence-corrected chi connectivity index (χ4v) is 2.37. The van der Waals surface area contributed by atoms with Crippen molar-refractivity contribution in [2.24, 2.45) is 0 Å². The van der Waals surface area contributed by atoms with Gasteiger partial charge in [0.2, 0.25) is 5.89 Å². The summed E-state index contributed by atoms with van der Waals surface area (Å²) in [6, 6.07) is 5.94. The van der Waals surface area contributed by atoms with Crippen LogP contribution in [0.5, 0.6) is 0 Å². The molecule has 6 heteroatoms. The van der Waals surface area contributed by atoms with Gasteiger partial charge < -0.3 is 9.73 Å². The number of hydrogen-bond acceptors (Lipinski definition) is 6. The molecule has 20 heavy (non-hydrogen) atoms. The zero-order valence-electron chi connectivity index (χ0n) is 11.3. The van der Waals surface area contributed by atoms with Crippen LogP contribution in [0.1, 0.15) is 17.0 Å². The normalized spacial score (nSPS) is 10.7. The van der Waals surface area contributed by atoms with Crippen molar-refractivity contribution < 1.29 is 4.42 Å². The molecule has 5 nitrogen and oxygen atoms in total. The Morgan fingerprint density at radius 1 is 1.30 bits per heavy atom. The molecule has 3 aromatic heterocycles. The van der Waals surface area contributed by atoms with Gasteiger partial charge in [-0.05, 0) is 36.9 Å². The van der Waals surface area contributed by atoms with Gasteiger partial charge in [-0.3, -0.25) is 0 Å². The molecule has 0 aliphatic rings. The molecular formula is C14H14N4OS. The maximum absolute atomic E-state index is 5.46. The van der Waals surface area contributed by atoms with E-state index in [0.29, 0.717) is 12.4 Å². The fraction of sp³-hybridized carbons (Fsp3) is 0.214. The van der Waals surface area contributed by atoms with Crippen molar-refractivity contribution >= 4 is 17.2 Å². The quantitative estimate of drug-likeness (QED) is 0.796. The number of nitrogens with zero attached hydrogens (tertiary/aromatic N) is 3. The molecule has 0 unspecified atom stereocenters. The lowest BCUT2D eigenvalue weighted by molar-refractivity contribution is 0.574. The van der Waals surface area contributed by atoms with Crippen LogP contribution in [0.15, 0.2) is 34.3 Å². The van der Waals surface area contributed by atoms with Crippen LogP contribution in [0.4, 0.5) is 5.82 Å². The average Bonchev–Trinajstić information content (AvgIpc) is 3.09. The first kappa shape index (κ1) is 12.8. The summed E-state index contributed by atoms with van der Waals surface area (Å²) < 4.78 is 5.46. The number of oxazole rings is 1. The molecule has 3 rings (SSSR count). The van der Waals surface area contributed by atoms with Crippen LogP contribution < -0.4 is 5.32 Å². The first-order valence-electron chi connectivity index (χ1n) is 6.25. The highest BCUT2D eigenvalue weighted by Gasteiger charge is 2.07. The molecule has 0 saturated heterocycles. The van der Waals surface area contributed by atoms with Crippen molar-refractivity contribution in [1.29, 1.82) is 0 Å². The van der Waals surface area contributed by atoms with Gasteiger partial charge >= 0.3 is 0 Å². The van der Waals surface area contributed by atoms with Crippen molar-refractivity contribution in [1.82, 2.24) is 15.2 Å². The topological polar surface area (TPSA) is 63.8 Å². The van der Waals surface area contributed by atoms with E-state index < -0.39 is 0 Å². The first-order valence-corrected chi connectivity index (χ1v) is 7.13. The van der Waals surface area contributed by atoms with Gasteiger partial charge in [0, 0.05) is 0 Å². The minimum absolute atomic E-state index is 0.562. The Hall–Kier alpha value is -2.21. The number of aryl methyl sites for hydroxylation is 2. The third kappa shape index (κ3) is 2.70. The minimum Gasteiger partial charge on any atom is -0.443 e. The average molecular weight is 286 g/mol. The van der Waals surface area contributed by atoms with Crippen molar-refractivity contribution in [2.75, 3.05) is 5.32 Å². The lowest BCUT2D eigenvalue weighted by Gasteiger charge is -2.04. The molecule has 0 spiro atoms. The van der Waals surface area contributed by atoms with Crippen LogP contribution in [0.25, 0.3) is 10.8 Å². The van der Waals surface area contributed by atoms with E-state index in [4.69, 9.17) is 4.42 Å². The predicted molar refractivity (Wildman–Crippen MR) is 78.6 cm³/mol. The fourth-order valence-electron chi connectivity index (χ4n) is 1.72. The summed E-state index contributed by atoms with van der Waals surface area (Å²) >= 11 is 1.61. The standard InChI is InChI=1S/C14H14N4OS/c1-9-6-13(18-17-10(9)2)15-7-11-8-19-14(16-11)12-4-3-5-20-12/h3-6,8H,7H2,1-2H3,(H,15,18). The third-order valence-corrected chi connectivity index (χ3v) is 3.82. The zero-order valence-corrected chi connectivity index (χ0v) is 12.1. The summed E-state index contributed by atoms with van der Waals surface area (Å²) in [6.07, 6.45) is 1.66. The Balaban J connectivity index is 1.68. The highest BCUT2D eigenvalue weighted by atomic mass is 32.1. The summed E-state index contributed by atoms with van der Waals surface area (Å²) in [5, 5.41) is 13.4. The molecule has 0 amide bonds. The molecule has 0 fully saturated rings. The van der Waals surface area contributed by atoms with Gasteiger partial charge in [0.25, 0.3) is 0 Å². The molecule has 102 valence electrons. The molecule has 0 saturated carbocycles. The van der Waals surface area contributed by atoms with E-state index in [2.05, 4.69) is 20.5 Å². The summed E-state index contributed by atoms with van der Waals surface area (Å²) in [7, 11) is 0. The first-order chi connectivity index (χ1) is 9.72. The number of hydrogen-bond donors (Lipinski definition) is 1. The minimum atomic E-state index is 0.562. The molecule has 0 aliphatic carbocycles. The number of thiophene rings is 1. The monoisotopic (exact) mass is 286 g/mol. The Morgan fingerprint density at radius 3 is 2.95 bits per heavy atom. The van der Waals surface area contributed by atoms with E-state index in [0.717, 1.165) is 27.6 Å². The SMILES string of the molecule is Cc1cc(NCc2coc(-c3cccs3)n2)nnc1C. The van der Waals surface area contributed by atoms with Crippen molar-refractivity contribution in [3.8, 4) is 10.8 Å². The van der Waals surface area contributed by atoms with Crippen LogP contribution in [0.2, 0.25) is 0 Å². The number of nitrogens with one attached hydrogen (secondary N) is 1. The second-order valence-electron chi connectivity index (χ2n) is 4.47. The lowest BCUT2D eigenvalue weighted by atomic mass is 10.2. The Labute approximate surface area is 120 Å². The van der Waals surface area contributed by atoms with Crippen LogP contribution >= 0.6 is 11.3 Å². The van der Waals surface area contributed by atoms with Gasteiger partial charge in [-0.2, -0.15) is 5.10 Å². The third-order valence-electron chi connectivity index (χ3n) is 2.97. The molecule has 0 aromatic carbocycles. The van der Waals surface area contributed by atoms with Gasteiger partial charge in [-0.15, -0.1) is 16.4 Å². The highest BCUT2D eigenvalue weighted by Crippen LogP contribution is 2.23. The molecular weight excluding hydrogens is 272 g/mol. The van der Waals surface area contributed by atoms with E-state index in [9.17, 15) is 0 Å². The summed E-state index contributed by atoms with van der Waals surface area (Å²) in [4.78, 5) is 5.47. The summed E-state index contributed by atoms with van der Waals surface area (Å²) in [5.41, 5.74) is 2.90. The van der Waals surface area contributed by atoms with Crippen molar-refractivity contribution in [2.45, 2.75) is 20.4 Å². The molecule has 0 aliphatic heterocycles. The summed E-state index contributed by atoms with van der Waals surface area (Å²) in [5.74, 6) is 1.40. The maximum Gasteiger partial charge on any atom is 0.236 e. The van der Waals surface area contributed by atoms with Gasteiger partial charge in [-0.25, -0.2) is 4.98 Å². The van der Waals surface area contributed by atoms with E-state index >= 15 is 0 Å². The number of rotatable bonds is 4. The molecule has 1 N–H and O–H groups in total. The lowest BCUT2D eigenvalue weighted by Crippen LogP contribution is -2.04. The molecule has 3 heterocycles. The molecule has 3 aromatic rings. The Bertz CT molecular complexity index is 706.